The minimum atomic E-state index is -0.104. The van der Waals surface area contributed by atoms with Gasteiger partial charge in [0.05, 0.1) is 6.10 Å². The van der Waals surface area contributed by atoms with Crippen LogP contribution in [0.1, 0.15) is 43.9 Å². The topological polar surface area (TPSA) is 18.5 Å². The van der Waals surface area contributed by atoms with Gasteiger partial charge in [0.1, 0.15) is 11.4 Å². The Bertz CT molecular complexity index is 456. The summed E-state index contributed by atoms with van der Waals surface area (Å²) in [5.74, 6) is 1.03. The Morgan fingerprint density at radius 1 is 1.33 bits per heavy atom. The summed E-state index contributed by atoms with van der Waals surface area (Å²) in [5, 5.41) is 0.217. The van der Waals surface area contributed by atoms with E-state index >= 15 is 0 Å². The second-order valence-corrected chi connectivity index (χ2v) is 6.47. The molecular formula is C15H19ClO2. The maximum Gasteiger partial charge on any atom is 0.129 e. The first-order valence-corrected chi connectivity index (χ1v) is 7.05. The molecule has 1 saturated heterocycles. The van der Waals surface area contributed by atoms with Crippen LogP contribution in [-0.4, -0.2) is 17.6 Å². The van der Waals surface area contributed by atoms with Crippen LogP contribution in [0, 0.1) is 0 Å². The molecule has 2 nitrogen and oxygen atoms in total. The summed E-state index contributed by atoms with van der Waals surface area (Å²) in [6.45, 7) is 5.00. The average molecular weight is 267 g/mol. The van der Waals surface area contributed by atoms with Crippen molar-refractivity contribution in [2.24, 2.45) is 0 Å². The molecule has 2 aliphatic rings. The van der Waals surface area contributed by atoms with Gasteiger partial charge in [-0.05, 0) is 32.3 Å². The summed E-state index contributed by atoms with van der Waals surface area (Å²) < 4.78 is 12.0. The predicted molar refractivity (Wildman–Crippen MR) is 72.4 cm³/mol. The van der Waals surface area contributed by atoms with Crippen LogP contribution in [0.25, 0.3) is 0 Å². The molecule has 0 bridgehead atoms. The van der Waals surface area contributed by atoms with Gasteiger partial charge in [-0.1, -0.05) is 18.2 Å². The van der Waals surface area contributed by atoms with Crippen LogP contribution in [0.15, 0.2) is 18.2 Å². The fourth-order valence-corrected chi connectivity index (χ4v) is 3.12. The van der Waals surface area contributed by atoms with Crippen LogP contribution >= 0.6 is 11.6 Å². The van der Waals surface area contributed by atoms with E-state index in [4.69, 9.17) is 21.1 Å². The number of benzene rings is 1. The fourth-order valence-electron chi connectivity index (χ4n) is 2.87. The van der Waals surface area contributed by atoms with E-state index in [1.807, 2.05) is 0 Å². The molecule has 2 heterocycles. The summed E-state index contributed by atoms with van der Waals surface area (Å²) in [6, 6.07) is 6.36. The Balaban J connectivity index is 1.92. The van der Waals surface area contributed by atoms with Gasteiger partial charge in [0.15, 0.2) is 0 Å². The van der Waals surface area contributed by atoms with Crippen LogP contribution in [0.3, 0.4) is 0 Å². The smallest absolute Gasteiger partial charge is 0.129 e. The van der Waals surface area contributed by atoms with Gasteiger partial charge in [-0.15, -0.1) is 11.6 Å². The van der Waals surface area contributed by atoms with Crippen molar-refractivity contribution in [3.05, 3.63) is 29.3 Å². The molecule has 98 valence electrons. The summed E-state index contributed by atoms with van der Waals surface area (Å²) in [5.41, 5.74) is 2.36. The lowest BCUT2D eigenvalue weighted by Gasteiger charge is -2.28. The summed E-state index contributed by atoms with van der Waals surface area (Å²) in [4.78, 5) is 0. The first kappa shape index (κ1) is 12.3. The Labute approximate surface area is 113 Å². The number of halogens is 1. The van der Waals surface area contributed by atoms with E-state index in [-0.39, 0.29) is 17.1 Å². The second kappa shape index (κ2) is 4.43. The van der Waals surface area contributed by atoms with Crippen molar-refractivity contribution in [1.82, 2.24) is 0 Å². The molecule has 0 aromatic heterocycles. The molecule has 1 aromatic rings. The van der Waals surface area contributed by atoms with Gasteiger partial charge in [-0.25, -0.2) is 0 Å². The van der Waals surface area contributed by atoms with Crippen molar-refractivity contribution in [2.45, 2.75) is 50.2 Å². The number of rotatable bonds is 1. The maximum atomic E-state index is 6.25. The van der Waals surface area contributed by atoms with Crippen molar-refractivity contribution in [3.63, 3.8) is 0 Å². The molecule has 2 unspecified atom stereocenters. The lowest BCUT2D eigenvalue weighted by molar-refractivity contribution is 0.0138. The number of hydrogen-bond donors (Lipinski definition) is 0. The van der Waals surface area contributed by atoms with Gasteiger partial charge >= 0.3 is 0 Å². The maximum absolute atomic E-state index is 6.25. The Hall–Kier alpha value is -0.730. The van der Waals surface area contributed by atoms with Gasteiger partial charge in [-0.2, -0.15) is 0 Å². The monoisotopic (exact) mass is 266 g/mol. The SMILES string of the molecule is CC1(C)Cc2cccc(C3CC(Cl)CCO3)c2O1. The molecule has 0 aliphatic carbocycles. The van der Waals surface area contributed by atoms with Crippen molar-refractivity contribution >= 4 is 11.6 Å². The number of para-hydroxylation sites is 1. The highest BCUT2D eigenvalue weighted by atomic mass is 35.5. The summed E-state index contributed by atoms with van der Waals surface area (Å²) in [6.07, 6.45) is 2.87. The van der Waals surface area contributed by atoms with Gasteiger partial charge in [0.2, 0.25) is 0 Å². The highest BCUT2D eigenvalue weighted by Crippen LogP contribution is 2.43. The summed E-state index contributed by atoms with van der Waals surface area (Å²) >= 11 is 6.25. The lowest BCUT2D eigenvalue weighted by atomic mass is 9.96. The highest BCUT2D eigenvalue weighted by molar-refractivity contribution is 6.20. The van der Waals surface area contributed by atoms with E-state index in [1.54, 1.807) is 0 Å². The predicted octanol–water partition coefficient (Wildman–Crippen LogP) is 3.86. The molecule has 1 fully saturated rings. The van der Waals surface area contributed by atoms with E-state index in [1.165, 1.54) is 11.1 Å². The summed E-state index contributed by atoms with van der Waals surface area (Å²) in [7, 11) is 0. The molecule has 0 spiro atoms. The third-order valence-electron chi connectivity index (χ3n) is 3.69. The highest BCUT2D eigenvalue weighted by Gasteiger charge is 2.34. The van der Waals surface area contributed by atoms with Crippen LogP contribution in [0.2, 0.25) is 0 Å². The van der Waals surface area contributed by atoms with Crippen molar-refractivity contribution in [2.75, 3.05) is 6.61 Å². The number of hydrogen-bond acceptors (Lipinski definition) is 2. The molecule has 3 heteroatoms. The molecule has 0 N–H and O–H groups in total. The third kappa shape index (κ3) is 2.24. The first-order valence-electron chi connectivity index (χ1n) is 6.62. The Morgan fingerprint density at radius 3 is 2.94 bits per heavy atom. The average Bonchev–Trinajstić information content (AvgIpc) is 2.62. The van der Waals surface area contributed by atoms with Crippen LogP contribution < -0.4 is 4.74 Å². The molecular weight excluding hydrogens is 248 g/mol. The number of alkyl halides is 1. The van der Waals surface area contributed by atoms with E-state index in [9.17, 15) is 0 Å². The zero-order valence-corrected chi connectivity index (χ0v) is 11.7. The molecule has 0 saturated carbocycles. The van der Waals surface area contributed by atoms with E-state index in [2.05, 4.69) is 32.0 Å². The van der Waals surface area contributed by atoms with E-state index in [0.29, 0.717) is 0 Å². The van der Waals surface area contributed by atoms with Gasteiger partial charge in [0.25, 0.3) is 0 Å². The lowest BCUT2D eigenvalue weighted by Crippen LogP contribution is -2.25. The molecule has 0 amide bonds. The number of ether oxygens (including phenoxy) is 2. The second-order valence-electron chi connectivity index (χ2n) is 5.86. The van der Waals surface area contributed by atoms with Crippen LogP contribution in [0.4, 0.5) is 0 Å². The Kier molecular flexibility index (Phi) is 3.03. The first-order chi connectivity index (χ1) is 8.55. The van der Waals surface area contributed by atoms with Crippen LogP contribution in [0.5, 0.6) is 5.75 Å². The third-order valence-corrected chi connectivity index (χ3v) is 4.08. The van der Waals surface area contributed by atoms with Crippen LogP contribution in [-0.2, 0) is 11.2 Å². The molecule has 0 radical (unpaired) electrons. The van der Waals surface area contributed by atoms with Crippen molar-refractivity contribution < 1.29 is 9.47 Å². The Morgan fingerprint density at radius 2 is 2.17 bits per heavy atom. The van der Waals surface area contributed by atoms with Gasteiger partial charge in [-0.3, -0.25) is 0 Å². The van der Waals surface area contributed by atoms with Gasteiger partial charge < -0.3 is 9.47 Å². The van der Waals surface area contributed by atoms with Gasteiger partial charge in [0, 0.05) is 24.0 Å². The largest absolute Gasteiger partial charge is 0.487 e. The quantitative estimate of drug-likeness (QED) is 0.719. The van der Waals surface area contributed by atoms with Crippen molar-refractivity contribution in [1.29, 1.82) is 0 Å². The molecule has 2 atom stereocenters. The molecule has 1 aromatic carbocycles. The molecule has 18 heavy (non-hydrogen) atoms. The molecule has 2 aliphatic heterocycles. The fraction of sp³-hybridized carbons (Fsp3) is 0.600. The minimum Gasteiger partial charge on any atom is -0.487 e. The zero-order chi connectivity index (χ0) is 12.8. The van der Waals surface area contributed by atoms with Crippen molar-refractivity contribution in [3.8, 4) is 5.75 Å². The molecule has 3 rings (SSSR count). The standard InChI is InChI=1S/C15H19ClO2/c1-15(2)9-10-4-3-5-12(14(10)18-15)13-8-11(16)6-7-17-13/h3-5,11,13H,6-9H2,1-2H3. The van der Waals surface area contributed by atoms with E-state index in [0.717, 1.165) is 31.6 Å². The number of fused-ring (bicyclic) bond motifs is 1. The minimum absolute atomic E-state index is 0.0881. The normalized spacial score (nSPS) is 29.7. The van der Waals surface area contributed by atoms with E-state index < -0.39 is 0 Å². The zero-order valence-electron chi connectivity index (χ0n) is 10.9.